The Kier molecular flexibility index (Phi) is 2.87. The molecule has 0 aliphatic heterocycles. The van der Waals surface area contributed by atoms with Crippen LogP contribution in [-0.4, -0.2) is 9.91 Å². The molecule has 1 aromatic carbocycles. The molecule has 0 N–H and O–H groups in total. The zero-order valence-corrected chi connectivity index (χ0v) is 9.68. The van der Waals surface area contributed by atoms with E-state index in [0.29, 0.717) is 0 Å². The molecule has 1 heterocycles. The molecule has 0 atom stereocenters. The van der Waals surface area contributed by atoms with Crippen molar-refractivity contribution in [2.75, 3.05) is 0 Å². The minimum atomic E-state index is -0.445. The van der Waals surface area contributed by atoms with Crippen molar-refractivity contribution in [3.63, 3.8) is 0 Å². The van der Waals surface area contributed by atoms with Gasteiger partial charge in [-0.1, -0.05) is 18.2 Å². The zero-order chi connectivity index (χ0) is 12.4. The van der Waals surface area contributed by atoms with E-state index in [4.69, 9.17) is 0 Å². The maximum Gasteiger partial charge on any atom is 0.287 e. The van der Waals surface area contributed by atoms with E-state index in [-0.39, 0.29) is 5.69 Å². The van der Waals surface area contributed by atoms with Crippen molar-refractivity contribution in [2.24, 2.45) is 0 Å². The zero-order valence-electron chi connectivity index (χ0n) is 9.68. The van der Waals surface area contributed by atoms with Crippen LogP contribution in [0.15, 0.2) is 36.5 Å². The number of hydrogen-bond acceptors (Lipinski definition) is 3. The number of rotatable bonds is 2. The van der Waals surface area contributed by atoms with Crippen LogP contribution < -0.4 is 0 Å². The lowest BCUT2D eigenvalue weighted by atomic mass is 10.0. The number of pyridine rings is 1. The Morgan fingerprint density at radius 1 is 1.18 bits per heavy atom. The molecular formula is C13H12N2O2. The molecular weight excluding hydrogens is 216 g/mol. The van der Waals surface area contributed by atoms with Gasteiger partial charge in [0.05, 0.1) is 10.6 Å². The molecule has 0 unspecified atom stereocenters. The molecule has 0 bridgehead atoms. The average Bonchev–Trinajstić information content (AvgIpc) is 2.33. The highest BCUT2D eigenvalue weighted by atomic mass is 16.6. The van der Waals surface area contributed by atoms with Crippen molar-refractivity contribution in [1.29, 1.82) is 0 Å². The van der Waals surface area contributed by atoms with Crippen molar-refractivity contribution in [2.45, 2.75) is 13.8 Å². The van der Waals surface area contributed by atoms with E-state index in [1.807, 2.05) is 32.0 Å². The van der Waals surface area contributed by atoms with Crippen LogP contribution in [0.2, 0.25) is 0 Å². The molecule has 0 amide bonds. The van der Waals surface area contributed by atoms with E-state index >= 15 is 0 Å². The molecule has 2 rings (SSSR count). The van der Waals surface area contributed by atoms with Crippen LogP contribution in [0.4, 0.5) is 5.69 Å². The lowest BCUT2D eigenvalue weighted by Crippen LogP contribution is -1.92. The van der Waals surface area contributed by atoms with Crippen LogP contribution in [0.3, 0.4) is 0 Å². The molecule has 0 aliphatic carbocycles. The normalized spacial score (nSPS) is 10.2. The predicted molar refractivity (Wildman–Crippen MR) is 65.8 cm³/mol. The van der Waals surface area contributed by atoms with Crippen LogP contribution >= 0.6 is 0 Å². The first-order valence-electron chi connectivity index (χ1n) is 5.26. The van der Waals surface area contributed by atoms with Gasteiger partial charge < -0.3 is 0 Å². The third-order valence-corrected chi connectivity index (χ3v) is 2.84. The second-order valence-electron chi connectivity index (χ2n) is 3.91. The molecule has 0 radical (unpaired) electrons. The van der Waals surface area contributed by atoms with Gasteiger partial charge in [0, 0.05) is 11.6 Å². The standard InChI is InChI=1S/C13H12N2O2/c1-9-4-3-5-12(10(9)2)13-7-6-11(8-14-13)15(16)17/h3-8H,1-2H3. The fraction of sp³-hybridized carbons (Fsp3) is 0.154. The summed E-state index contributed by atoms with van der Waals surface area (Å²) in [4.78, 5) is 14.2. The second kappa shape index (κ2) is 4.33. The Labute approximate surface area is 99.1 Å². The van der Waals surface area contributed by atoms with Crippen molar-refractivity contribution >= 4 is 5.69 Å². The lowest BCUT2D eigenvalue weighted by molar-refractivity contribution is -0.385. The predicted octanol–water partition coefficient (Wildman–Crippen LogP) is 3.27. The molecule has 17 heavy (non-hydrogen) atoms. The third-order valence-electron chi connectivity index (χ3n) is 2.84. The van der Waals surface area contributed by atoms with E-state index in [1.165, 1.54) is 17.8 Å². The summed E-state index contributed by atoms with van der Waals surface area (Å²) in [6.07, 6.45) is 1.29. The maximum absolute atomic E-state index is 10.5. The summed E-state index contributed by atoms with van der Waals surface area (Å²) in [6.45, 7) is 4.05. The van der Waals surface area contributed by atoms with Crippen LogP contribution in [0.1, 0.15) is 11.1 Å². The monoisotopic (exact) mass is 228 g/mol. The second-order valence-corrected chi connectivity index (χ2v) is 3.91. The Hall–Kier alpha value is -2.23. The van der Waals surface area contributed by atoms with Gasteiger partial charge in [-0.25, -0.2) is 4.98 Å². The average molecular weight is 228 g/mol. The first-order chi connectivity index (χ1) is 8.09. The van der Waals surface area contributed by atoms with E-state index < -0.39 is 4.92 Å². The van der Waals surface area contributed by atoms with Gasteiger partial charge >= 0.3 is 0 Å². The first-order valence-corrected chi connectivity index (χ1v) is 5.26. The lowest BCUT2D eigenvalue weighted by Gasteiger charge is -2.07. The molecule has 0 aliphatic rings. The van der Waals surface area contributed by atoms with Gasteiger partial charge in [-0.2, -0.15) is 0 Å². The van der Waals surface area contributed by atoms with Crippen LogP contribution in [-0.2, 0) is 0 Å². The molecule has 4 nitrogen and oxygen atoms in total. The Morgan fingerprint density at radius 3 is 2.53 bits per heavy atom. The topological polar surface area (TPSA) is 56.0 Å². The third kappa shape index (κ3) is 2.15. The van der Waals surface area contributed by atoms with E-state index in [2.05, 4.69) is 4.98 Å². The van der Waals surface area contributed by atoms with Gasteiger partial charge in [0.1, 0.15) is 6.20 Å². The summed E-state index contributed by atoms with van der Waals surface area (Å²) in [5, 5.41) is 10.5. The smallest absolute Gasteiger partial charge is 0.258 e. The Balaban J connectivity index is 2.47. The minimum absolute atomic E-state index is 0.0130. The molecule has 2 aromatic rings. The fourth-order valence-electron chi connectivity index (χ4n) is 1.68. The molecule has 0 saturated carbocycles. The van der Waals surface area contributed by atoms with Crippen LogP contribution in [0, 0.1) is 24.0 Å². The van der Waals surface area contributed by atoms with Gasteiger partial charge in [-0.15, -0.1) is 0 Å². The van der Waals surface area contributed by atoms with E-state index in [0.717, 1.165) is 16.8 Å². The Morgan fingerprint density at radius 2 is 1.94 bits per heavy atom. The fourth-order valence-corrected chi connectivity index (χ4v) is 1.68. The molecule has 86 valence electrons. The molecule has 0 saturated heterocycles. The number of hydrogen-bond donors (Lipinski definition) is 0. The molecule has 4 heteroatoms. The summed E-state index contributed by atoms with van der Waals surface area (Å²) < 4.78 is 0. The van der Waals surface area contributed by atoms with E-state index in [9.17, 15) is 10.1 Å². The summed E-state index contributed by atoms with van der Waals surface area (Å²) >= 11 is 0. The van der Waals surface area contributed by atoms with Crippen LogP contribution in [0.5, 0.6) is 0 Å². The van der Waals surface area contributed by atoms with Gasteiger partial charge in [-0.3, -0.25) is 10.1 Å². The highest BCUT2D eigenvalue weighted by Gasteiger charge is 2.08. The van der Waals surface area contributed by atoms with Crippen molar-refractivity contribution in [3.05, 3.63) is 57.8 Å². The highest BCUT2D eigenvalue weighted by molar-refractivity contribution is 5.65. The van der Waals surface area contributed by atoms with Gasteiger partial charge in [0.15, 0.2) is 0 Å². The number of nitro groups is 1. The quantitative estimate of drug-likeness (QED) is 0.585. The van der Waals surface area contributed by atoms with Gasteiger partial charge in [0.2, 0.25) is 0 Å². The minimum Gasteiger partial charge on any atom is -0.258 e. The summed E-state index contributed by atoms with van der Waals surface area (Å²) in [7, 11) is 0. The van der Waals surface area contributed by atoms with Crippen molar-refractivity contribution in [1.82, 2.24) is 4.98 Å². The Bertz CT molecular complexity index is 562. The molecule has 1 aromatic heterocycles. The number of benzene rings is 1. The number of nitrogens with zero attached hydrogens (tertiary/aromatic N) is 2. The van der Waals surface area contributed by atoms with Crippen molar-refractivity contribution in [3.8, 4) is 11.3 Å². The van der Waals surface area contributed by atoms with E-state index in [1.54, 1.807) is 6.07 Å². The highest BCUT2D eigenvalue weighted by Crippen LogP contribution is 2.24. The molecule has 0 fully saturated rings. The van der Waals surface area contributed by atoms with Gasteiger partial charge in [0.25, 0.3) is 5.69 Å². The summed E-state index contributed by atoms with van der Waals surface area (Å²) in [5.41, 5.74) is 4.12. The molecule has 0 spiro atoms. The number of aromatic nitrogens is 1. The van der Waals surface area contributed by atoms with Crippen LogP contribution in [0.25, 0.3) is 11.3 Å². The van der Waals surface area contributed by atoms with Crippen molar-refractivity contribution < 1.29 is 4.92 Å². The number of aryl methyl sites for hydroxylation is 1. The maximum atomic E-state index is 10.5. The van der Waals surface area contributed by atoms with Gasteiger partial charge in [-0.05, 0) is 31.0 Å². The summed E-state index contributed by atoms with van der Waals surface area (Å²) in [5.74, 6) is 0. The SMILES string of the molecule is Cc1cccc(-c2ccc([N+](=O)[O-])cn2)c1C. The first kappa shape index (κ1) is 11.3. The summed E-state index contributed by atoms with van der Waals surface area (Å²) in [6, 6.07) is 9.12. The largest absolute Gasteiger partial charge is 0.287 e.